The monoisotopic (exact) mass is 514 g/mol. The van der Waals surface area contributed by atoms with Crippen molar-refractivity contribution in [1.82, 2.24) is 15.0 Å². The van der Waals surface area contributed by atoms with Crippen molar-refractivity contribution < 1.29 is 32.5 Å². The number of nitrogens with zero attached hydrogens (tertiary/aromatic N) is 4. The molecule has 2 unspecified atom stereocenters. The van der Waals surface area contributed by atoms with Gasteiger partial charge in [0.1, 0.15) is 11.5 Å². The van der Waals surface area contributed by atoms with E-state index in [1.165, 1.54) is 19.1 Å². The number of ether oxygens (including phenoxy) is 3. The number of benzene rings is 2. The fraction of sp³-hybridized carbons (Fsp3) is 0.269. The molecule has 0 amide bonds. The van der Waals surface area contributed by atoms with Gasteiger partial charge in [0.25, 0.3) is 0 Å². The highest BCUT2D eigenvalue weighted by molar-refractivity contribution is 5.82. The van der Waals surface area contributed by atoms with Gasteiger partial charge in [-0.3, -0.25) is 9.97 Å². The molecule has 4 aromatic rings. The lowest BCUT2D eigenvalue weighted by molar-refractivity contribution is -0.254. The first kappa shape index (κ1) is 26.1. The highest BCUT2D eigenvalue weighted by atomic mass is 19.4. The van der Waals surface area contributed by atoms with Crippen molar-refractivity contribution in [1.29, 1.82) is 0 Å². The molecular weight excluding hydrogens is 489 g/mol. The second-order valence-electron chi connectivity index (χ2n) is 8.12. The molecule has 2 heterocycles. The van der Waals surface area contributed by atoms with Gasteiger partial charge in [0.05, 0.1) is 43.7 Å². The van der Waals surface area contributed by atoms with Gasteiger partial charge in [-0.05, 0) is 37.3 Å². The Morgan fingerprint density at radius 3 is 2.27 bits per heavy atom. The largest absolute Gasteiger partial charge is 0.497 e. The average molecular weight is 515 g/mol. The van der Waals surface area contributed by atoms with Gasteiger partial charge in [-0.25, -0.2) is 4.98 Å². The summed E-state index contributed by atoms with van der Waals surface area (Å²) >= 11 is 0. The smallest absolute Gasteiger partial charge is 0.416 e. The fourth-order valence-electron chi connectivity index (χ4n) is 3.76. The molecule has 0 saturated carbocycles. The number of anilines is 2. The Bertz CT molecular complexity index is 1330. The molecule has 37 heavy (non-hydrogen) atoms. The number of hydrogen-bond acceptors (Lipinski definition) is 8. The summed E-state index contributed by atoms with van der Waals surface area (Å²) in [7, 11) is 2.90. The van der Waals surface area contributed by atoms with E-state index in [-0.39, 0.29) is 0 Å². The summed E-state index contributed by atoms with van der Waals surface area (Å²) in [4.78, 5) is 14.6. The van der Waals surface area contributed by atoms with E-state index in [2.05, 4.69) is 15.0 Å². The Morgan fingerprint density at radius 1 is 0.946 bits per heavy atom. The number of alkyl halides is 3. The van der Waals surface area contributed by atoms with Crippen LogP contribution >= 0.6 is 0 Å². The molecule has 8 nitrogen and oxygen atoms in total. The van der Waals surface area contributed by atoms with Gasteiger partial charge < -0.3 is 24.2 Å². The van der Waals surface area contributed by atoms with E-state index in [1.807, 2.05) is 6.07 Å². The number of aromatic nitrogens is 3. The Morgan fingerprint density at radius 2 is 1.68 bits per heavy atom. The molecule has 11 heteroatoms. The minimum Gasteiger partial charge on any atom is -0.497 e. The van der Waals surface area contributed by atoms with Crippen LogP contribution < -0.4 is 14.4 Å². The number of pyridine rings is 1. The predicted octanol–water partition coefficient (Wildman–Crippen LogP) is 5.13. The van der Waals surface area contributed by atoms with Gasteiger partial charge in [0, 0.05) is 47.5 Å². The van der Waals surface area contributed by atoms with Crippen LogP contribution in [-0.4, -0.2) is 59.4 Å². The fourth-order valence-corrected chi connectivity index (χ4v) is 3.76. The van der Waals surface area contributed by atoms with E-state index >= 15 is 0 Å². The summed E-state index contributed by atoms with van der Waals surface area (Å²) < 4.78 is 57.3. The van der Waals surface area contributed by atoms with Crippen LogP contribution in [0.4, 0.5) is 24.5 Å². The third kappa shape index (κ3) is 6.25. The van der Waals surface area contributed by atoms with Crippen LogP contribution in [-0.2, 0) is 4.74 Å². The Labute approximate surface area is 211 Å². The third-order valence-corrected chi connectivity index (χ3v) is 5.52. The molecule has 0 fully saturated rings. The van der Waals surface area contributed by atoms with Gasteiger partial charge in [-0.15, -0.1) is 0 Å². The molecule has 0 saturated heterocycles. The standard InChI is InChI=1S/C26H25F3N4O4/c1-16(34)37-25(26(27,28)29)15-33(19-9-20(35-2)12-21(10-19)36-3)18-6-7-22-23(11-18)32-24(14-31-22)17-5-4-8-30-13-17/h4-14,16,25,34H,15H2,1-3H3. The Kier molecular flexibility index (Phi) is 7.74. The zero-order valence-electron chi connectivity index (χ0n) is 20.3. The van der Waals surface area contributed by atoms with Gasteiger partial charge in [-0.1, -0.05) is 0 Å². The summed E-state index contributed by atoms with van der Waals surface area (Å²) in [5.41, 5.74) is 3.10. The Hall–Kier alpha value is -3.96. The van der Waals surface area contributed by atoms with Crippen molar-refractivity contribution in [2.45, 2.75) is 25.5 Å². The third-order valence-electron chi connectivity index (χ3n) is 5.52. The van der Waals surface area contributed by atoms with Crippen LogP contribution in [0.15, 0.2) is 67.1 Å². The van der Waals surface area contributed by atoms with Crippen LogP contribution in [0.1, 0.15) is 6.92 Å². The van der Waals surface area contributed by atoms with E-state index in [0.29, 0.717) is 39.6 Å². The minimum atomic E-state index is -4.75. The molecule has 194 valence electrons. The van der Waals surface area contributed by atoms with E-state index in [4.69, 9.17) is 14.2 Å². The summed E-state index contributed by atoms with van der Waals surface area (Å²) in [6.45, 7) is 0.467. The lowest BCUT2D eigenvalue weighted by atomic mass is 10.1. The quantitative estimate of drug-likeness (QED) is 0.308. The summed E-state index contributed by atoms with van der Waals surface area (Å²) in [5, 5.41) is 9.58. The van der Waals surface area contributed by atoms with E-state index in [9.17, 15) is 18.3 Å². The molecule has 0 radical (unpaired) electrons. The molecule has 0 aliphatic rings. The van der Waals surface area contributed by atoms with Crippen molar-refractivity contribution in [3.63, 3.8) is 0 Å². The molecule has 2 aromatic heterocycles. The zero-order chi connectivity index (χ0) is 26.6. The number of methoxy groups -OCH3 is 2. The predicted molar refractivity (Wildman–Crippen MR) is 132 cm³/mol. The highest BCUT2D eigenvalue weighted by Crippen LogP contribution is 2.36. The molecule has 0 aliphatic carbocycles. The first-order valence-corrected chi connectivity index (χ1v) is 11.3. The first-order valence-electron chi connectivity index (χ1n) is 11.3. The molecule has 2 atom stereocenters. The molecule has 2 aromatic carbocycles. The van der Waals surface area contributed by atoms with Crippen molar-refractivity contribution in [3.8, 4) is 22.8 Å². The molecule has 0 bridgehead atoms. The van der Waals surface area contributed by atoms with Crippen LogP contribution in [0.2, 0.25) is 0 Å². The second kappa shape index (κ2) is 11.0. The zero-order valence-corrected chi connectivity index (χ0v) is 20.3. The van der Waals surface area contributed by atoms with Gasteiger partial charge in [0.2, 0.25) is 0 Å². The molecular formula is C26H25F3N4O4. The SMILES string of the molecule is COc1cc(OC)cc(N(CC(OC(C)O)C(F)(F)F)c2ccc3ncc(-c4cccnc4)nc3c2)c1. The number of aliphatic hydroxyl groups is 1. The lowest BCUT2D eigenvalue weighted by Gasteiger charge is -2.31. The van der Waals surface area contributed by atoms with Crippen molar-refractivity contribution in [2.75, 3.05) is 25.7 Å². The summed E-state index contributed by atoms with van der Waals surface area (Å²) in [5.74, 6) is 0.776. The van der Waals surface area contributed by atoms with Gasteiger partial charge in [-0.2, -0.15) is 13.2 Å². The van der Waals surface area contributed by atoms with Gasteiger partial charge in [0.15, 0.2) is 12.4 Å². The topological polar surface area (TPSA) is 89.8 Å². The maximum Gasteiger partial charge on any atom is 0.416 e. The Balaban J connectivity index is 1.84. The number of fused-ring (bicyclic) bond motifs is 1. The average Bonchev–Trinajstić information content (AvgIpc) is 2.89. The molecule has 0 spiro atoms. The number of aliphatic hydroxyl groups excluding tert-OH is 1. The second-order valence-corrected chi connectivity index (χ2v) is 8.12. The highest BCUT2D eigenvalue weighted by Gasteiger charge is 2.43. The number of halogens is 3. The van der Waals surface area contributed by atoms with Crippen LogP contribution in [0.5, 0.6) is 11.5 Å². The minimum absolute atomic E-state index is 0.357. The van der Waals surface area contributed by atoms with Crippen molar-refractivity contribution in [2.24, 2.45) is 0 Å². The number of hydrogen-bond donors (Lipinski definition) is 1. The van der Waals surface area contributed by atoms with Crippen LogP contribution in [0, 0.1) is 0 Å². The van der Waals surface area contributed by atoms with E-state index in [0.717, 1.165) is 12.5 Å². The maximum absolute atomic E-state index is 13.9. The molecule has 4 rings (SSSR count). The van der Waals surface area contributed by atoms with Crippen molar-refractivity contribution >= 4 is 22.4 Å². The van der Waals surface area contributed by atoms with E-state index in [1.54, 1.807) is 61.1 Å². The normalized spacial score (nSPS) is 13.3. The summed E-state index contributed by atoms with van der Waals surface area (Å²) in [6.07, 6.45) is -3.77. The first-order chi connectivity index (χ1) is 17.7. The number of rotatable bonds is 9. The summed E-state index contributed by atoms with van der Waals surface area (Å²) in [6, 6.07) is 13.3. The van der Waals surface area contributed by atoms with Crippen LogP contribution in [0.3, 0.4) is 0 Å². The van der Waals surface area contributed by atoms with E-state index < -0.39 is 25.1 Å². The van der Waals surface area contributed by atoms with Crippen LogP contribution in [0.25, 0.3) is 22.3 Å². The van der Waals surface area contributed by atoms with Gasteiger partial charge >= 0.3 is 6.18 Å². The lowest BCUT2D eigenvalue weighted by Crippen LogP contribution is -2.43. The van der Waals surface area contributed by atoms with Crippen molar-refractivity contribution in [3.05, 3.63) is 67.1 Å². The molecule has 1 N–H and O–H groups in total. The molecule has 0 aliphatic heterocycles. The maximum atomic E-state index is 13.9.